The number of carbonyl (C=O) groups excluding carboxylic acids is 2. The second kappa shape index (κ2) is 10.8. The highest BCUT2D eigenvalue weighted by atomic mass is 16.5. The summed E-state index contributed by atoms with van der Waals surface area (Å²) in [7, 11) is 1.64. The molecular formula is C26H40N4O4. The molecule has 8 nitrogen and oxygen atoms in total. The van der Waals surface area contributed by atoms with Gasteiger partial charge in [0.1, 0.15) is 11.4 Å². The predicted octanol–water partition coefficient (Wildman–Crippen LogP) is 3.11. The van der Waals surface area contributed by atoms with Crippen molar-refractivity contribution in [3.8, 4) is 5.75 Å². The molecule has 0 spiro atoms. The number of nitrogens with one attached hydrogen (secondary N) is 2. The molecule has 8 heteroatoms. The molecule has 0 radical (unpaired) electrons. The Kier molecular flexibility index (Phi) is 8.23. The van der Waals surface area contributed by atoms with Gasteiger partial charge < -0.3 is 25.8 Å². The molecule has 3 rings (SSSR count). The molecule has 1 aromatic carbocycles. The van der Waals surface area contributed by atoms with E-state index in [0.29, 0.717) is 25.9 Å². The van der Waals surface area contributed by atoms with Crippen LogP contribution in [0.1, 0.15) is 71.4 Å². The molecule has 2 aliphatic rings. The molecule has 1 aliphatic carbocycles. The van der Waals surface area contributed by atoms with Gasteiger partial charge in [-0.3, -0.25) is 14.6 Å². The molecule has 1 aliphatic heterocycles. The zero-order chi connectivity index (χ0) is 24.9. The van der Waals surface area contributed by atoms with E-state index < -0.39 is 5.54 Å². The fraction of sp³-hybridized carbons (Fsp3) is 0.654. The summed E-state index contributed by atoms with van der Waals surface area (Å²) in [6.07, 6.45) is 4.32. The second-order valence-electron chi connectivity index (χ2n) is 10.4. The third-order valence-corrected chi connectivity index (χ3v) is 7.05. The van der Waals surface area contributed by atoms with Gasteiger partial charge in [0, 0.05) is 37.7 Å². The Labute approximate surface area is 203 Å². The van der Waals surface area contributed by atoms with Crippen LogP contribution in [-0.4, -0.2) is 49.1 Å². The summed E-state index contributed by atoms with van der Waals surface area (Å²) in [4.78, 5) is 30.3. The first kappa shape index (κ1) is 26.0. The Balaban J connectivity index is 1.63. The van der Waals surface area contributed by atoms with Gasteiger partial charge in [0.05, 0.1) is 24.3 Å². The zero-order valence-electron chi connectivity index (χ0n) is 21.1. The van der Waals surface area contributed by atoms with Gasteiger partial charge >= 0.3 is 0 Å². The Bertz CT molecular complexity index is 903. The van der Waals surface area contributed by atoms with Crippen LogP contribution in [0.15, 0.2) is 29.3 Å². The highest BCUT2D eigenvalue weighted by Gasteiger charge is 2.49. The minimum absolute atomic E-state index is 0.0327. The number of fused-ring (bicyclic) bond motifs is 1. The lowest BCUT2D eigenvalue weighted by Gasteiger charge is -2.38. The largest absolute Gasteiger partial charge is 0.487 e. The molecule has 5 atom stereocenters. The molecule has 1 aromatic rings. The van der Waals surface area contributed by atoms with E-state index >= 15 is 0 Å². The Hall–Kier alpha value is -2.61. The number of nitrogens with two attached hydrogens (primary N) is 1. The number of amides is 2. The van der Waals surface area contributed by atoms with Crippen molar-refractivity contribution < 1.29 is 19.1 Å². The monoisotopic (exact) mass is 472 g/mol. The van der Waals surface area contributed by atoms with Crippen molar-refractivity contribution in [3.63, 3.8) is 0 Å². The number of aliphatic imine (C=N–C) groups is 1. The summed E-state index contributed by atoms with van der Waals surface area (Å²) in [6, 6.07) is 7.65. The van der Waals surface area contributed by atoms with Crippen LogP contribution in [0.4, 0.5) is 0 Å². The first-order chi connectivity index (χ1) is 16.1. The molecular weight excluding hydrogens is 432 g/mol. The van der Waals surface area contributed by atoms with E-state index in [4.69, 9.17) is 15.2 Å². The van der Waals surface area contributed by atoms with Gasteiger partial charge in [-0.25, -0.2) is 0 Å². The van der Waals surface area contributed by atoms with Gasteiger partial charge in [-0.05, 0) is 52.0 Å². The number of hydrogen-bond acceptors (Lipinski definition) is 5. The van der Waals surface area contributed by atoms with Crippen molar-refractivity contribution in [1.82, 2.24) is 10.6 Å². The van der Waals surface area contributed by atoms with E-state index in [1.807, 2.05) is 52.0 Å². The van der Waals surface area contributed by atoms with Gasteiger partial charge in [-0.15, -0.1) is 0 Å². The van der Waals surface area contributed by atoms with Gasteiger partial charge in [-0.1, -0.05) is 25.1 Å². The first-order valence-corrected chi connectivity index (χ1v) is 12.2. The molecule has 0 saturated heterocycles. The van der Waals surface area contributed by atoms with E-state index in [-0.39, 0.29) is 47.8 Å². The first-order valence-electron chi connectivity index (χ1n) is 12.2. The number of rotatable bonds is 11. The van der Waals surface area contributed by atoms with Crippen LogP contribution < -0.4 is 21.1 Å². The molecule has 188 valence electrons. The second-order valence-corrected chi connectivity index (χ2v) is 10.4. The topological polar surface area (TPSA) is 115 Å². The van der Waals surface area contributed by atoms with Crippen molar-refractivity contribution in [2.45, 2.75) is 83.0 Å². The lowest BCUT2D eigenvalue weighted by atomic mass is 9.89. The molecule has 0 unspecified atom stereocenters. The molecule has 4 N–H and O–H groups in total. The Morgan fingerprint density at radius 1 is 1.38 bits per heavy atom. The van der Waals surface area contributed by atoms with Crippen molar-refractivity contribution in [2.24, 2.45) is 22.6 Å². The maximum Gasteiger partial charge on any atom is 0.223 e. The average molecular weight is 473 g/mol. The van der Waals surface area contributed by atoms with Crippen molar-refractivity contribution in [1.29, 1.82) is 0 Å². The standard InChI is InChI=1S/C26H40N4O4/c1-6-26(4,28-16-27)15-23(31)29-20(11-12-33-5)18-13-19(18)24(32)30-21-14-25(2,3)34-22-10-8-7-9-17(21)22/h7-10,16,18-21H,6,11-15H2,1-5H3,(H2,27,28)(H,29,31)(H,30,32)/t18-,19-,20-,21+,26-/m1/s1. The number of ether oxygens (including phenoxy) is 2. The van der Waals surface area contributed by atoms with Gasteiger partial charge in [0.2, 0.25) is 11.8 Å². The Morgan fingerprint density at radius 2 is 2.12 bits per heavy atom. The predicted molar refractivity (Wildman–Crippen MR) is 133 cm³/mol. The molecule has 2 amide bonds. The normalized spacial score (nSPS) is 25.5. The number of benzene rings is 1. The number of carbonyl (C=O) groups is 2. The van der Waals surface area contributed by atoms with Crippen LogP contribution in [0.3, 0.4) is 0 Å². The van der Waals surface area contributed by atoms with E-state index in [1.54, 1.807) is 7.11 Å². The summed E-state index contributed by atoms with van der Waals surface area (Å²) in [6.45, 7) is 8.50. The summed E-state index contributed by atoms with van der Waals surface area (Å²) in [5, 5.41) is 6.40. The number of para-hydroxylation sites is 1. The van der Waals surface area contributed by atoms with Crippen molar-refractivity contribution in [3.05, 3.63) is 29.8 Å². The minimum atomic E-state index is -0.534. The van der Waals surface area contributed by atoms with E-state index in [2.05, 4.69) is 15.6 Å². The maximum atomic E-state index is 13.2. The summed E-state index contributed by atoms with van der Waals surface area (Å²) in [5.41, 5.74) is 5.59. The molecule has 1 saturated carbocycles. The van der Waals surface area contributed by atoms with Crippen molar-refractivity contribution >= 4 is 18.2 Å². The van der Waals surface area contributed by atoms with Crippen LogP contribution in [0.2, 0.25) is 0 Å². The number of hydrogen-bond donors (Lipinski definition) is 3. The van der Waals surface area contributed by atoms with Crippen LogP contribution in [0, 0.1) is 11.8 Å². The van der Waals surface area contributed by atoms with Crippen LogP contribution >= 0.6 is 0 Å². The third-order valence-electron chi connectivity index (χ3n) is 7.05. The minimum Gasteiger partial charge on any atom is -0.487 e. The SMILES string of the molecule is CC[C@](C)(CC(=O)N[C@H](CCOC)[C@@H]1C[C@H]1C(=O)N[C@H]1CC(C)(C)Oc2ccccc21)N=CN. The van der Waals surface area contributed by atoms with Gasteiger partial charge in [0.15, 0.2) is 0 Å². The fourth-order valence-electron chi connectivity index (χ4n) is 4.85. The fourth-order valence-corrected chi connectivity index (χ4v) is 4.85. The van der Waals surface area contributed by atoms with Crippen LogP contribution in [-0.2, 0) is 14.3 Å². The number of methoxy groups -OCH3 is 1. The molecule has 1 fully saturated rings. The summed E-state index contributed by atoms with van der Waals surface area (Å²) in [5.74, 6) is 0.737. The van der Waals surface area contributed by atoms with Crippen molar-refractivity contribution in [2.75, 3.05) is 13.7 Å². The van der Waals surface area contributed by atoms with E-state index in [9.17, 15) is 9.59 Å². The lowest BCUT2D eigenvalue weighted by molar-refractivity contribution is -0.125. The highest BCUT2D eigenvalue weighted by molar-refractivity contribution is 5.83. The van der Waals surface area contributed by atoms with Crippen LogP contribution in [0.5, 0.6) is 5.75 Å². The smallest absolute Gasteiger partial charge is 0.223 e. The van der Waals surface area contributed by atoms with Gasteiger partial charge in [0.25, 0.3) is 0 Å². The Morgan fingerprint density at radius 3 is 2.79 bits per heavy atom. The zero-order valence-corrected chi connectivity index (χ0v) is 21.1. The highest BCUT2D eigenvalue weighted by Crippen LogP contribution is 2.44. The van der Waals surface area contributed by atoms with E-state index in [0.717, 1.165) is 17.7 Å². The summed E-state index contributed by atoms with van der Waals surface area (Å²) < 4.78 is 11.4. The number of nitrogens with zero attached hydrogens (tertiary/aromatic N) is 1. The quantitative estimate of drug-likeness (QED) is 0.338. The average Bonchev–Trinajstić information content (AvgIpc) is 3.57. The molecule has 34 heavy (non-hydrogen) atoms. The maximum absolute atomic E-state index is 13.2. The lowest BCUT2D eigenvalue weighted by Crippen LogP contribution is -2.43. The molecule has 0 bridgehead atoms. The third kappa shape index (κ3) is 6.50. The van der Waals surface area contributed by atoms with E-state index in [1.165, 1.54) is 6.34 Å². The van der Waals surface area contributed by atoms with Gasteiger partial charge in [-0.2, -0.15) is 0 Å². The van der Waals surface area contributed by atoms with Crippen LogP contribution in [0.25, 0.3) is 0 Å². The molecule has 1 heterocycles. The molecule has 0 aromatic heterocycles. The summed E-state index contributed by atoms with van der Waals surface area (Å²) >= 11 is 0.